The Morgan fingerprint density at radius 3 is 2.47 bits per heavy atom. The van der Waals surface area contributed by atoms with Gasteiger partial charge in [-0.2, -0.15) is 0 Å². The van der Waals surface area contributed by atoms with Gasteiger partial charge in [0.2, 0.25) is 0 Å². The Labute approximate surface area is 120 Å². The average molecular weight is 284 g/mol. The summed E-state index contributed by atoms with van der Waals surface area (Å²) >= 11 is 1.77. The Kier molecular flexibility index (Phi) is 6.83. The molecule has 1 atom stereocenters. The van der Waals surface area contributed by atoms with Gasteiger partial charge in [-0.3, -0.25) is 0 Å². The van der Waals surface area contributed by atoms with Crippen LogP contribution in [0.3, 0.4) is 0 Å². The average Bonchev–Trinajstić information content (AvgIpc) is 2.38. The van der Waals surface area contributed by atoms with E-state index in [1.165, 1.54) is 0 Å². The summed E-state index contributed by atoms with van der Waals surface area (Å²) in [7, 11) is 0. The maximum Gasteiger partial charge on any atom is 0.126 e. The summed E-state index contributed by atoms with van der Waals surface area (Å²) in [6.07, 6.45) is 0. The Hall–Kier alpha value is -0.580. The van der Waals surface area contributed by atoms with E-state index in [1.807, 2.05) is 13.0 Å². The number of aryl methyl sites for hydroxylation is 1. The molecule has 108 valence electrons. The van der Waals surface area contributed by atoms with Gasteiger partial charge >= 0.3 is 0 Å². The summed E-state index contributed by atoms with van der Waals surface area (Å²) in [4.78, 5) is 3.50. The number of hydrogen-bond acceptors (Lipinski definition) is 3. The summed E-state index contributed by atoms with van der Waals surface area (Å²) in [6.45, 7) is 11.2. The molecule has 2 nitrogen and oxygen atoms in total. The lowest BCUT2D eigenvalue weighted by molar-refractivity contribution is 0.324. The van der Waals surface area contributed by atoms with Crippen molar-refractivity contribution in [1.29, 1.82) is 0 Å². The van der Waals surface area contributed by atoms with Crippen molar-refractivity contribution in [2.45, 2.75) is 38.6 Å². The minimum Gasteiger partial charge on any atom is -0.324 e. The standard InChI is InChI=1S/C15H25FN2S/c1-5-18(6-2)7-8-19-15-9-11(3)14(16)10-13(15)12(4)17/h9-10,12H,5-8,17H2,1-4H3/t12-/m1/s1. The molecular formula is C15H25FN2S. The lowest BCUT2D eigenvalue weighted by atomic mass is 10.1. The predicted octanol–water partition coefficient (Wildman–Crippen LogP) is 3.59. The van der Waals surface area contributed by atoms with Crippen molar-refractivity contribution in [2.75, 3.05) is 25.4 Å². The molecule has 0 amide bonds. The lowest BCUT2D eigenvalue weighted by Gasteiger charge is -2.19. The molecule has 1 aromatic rings. The van der Waals surface area contributed by atoms with E-state index >= 15 is 0 Å². The molecule has 0 aliphatic rings. The Morgan fingerprint density at radius 1 is 1.32 bits per heavy atom. The van der Waals surface area contributed by atoms with E-state index < -0.39 is 0 Å². The van der Waals surface area contributed by atoms with Gasteiger partial charge in [0, 0.05) is 23.2 Å². The molecular weight excluding hydrogens is 259 g/mol. The molecule has 0 fully saturated rings. The third-order valence-corrected chi connectivity index (χ3v) is 4.39. The van der Waals surface area contributed by atoms with Crippen LogP contribution < -0.4 is 5.73 Å². The van der Waals surface area contributed by atoms with Crippen LogP contribution in [-0.2, 0) is 0 Å². The number of halogens is 1. The first-order valence-electron chi connectivity index (χ1n) is 6.90. The van der Waals surface area contributed by atoms with Crippen molar-refractivity contribution < 1.29 is 4.39 Å². The fourth-order valence-corrected chi connectivity index (χ4v) is 3.22. The van der Waals surface area contributed by atoms with Gasteiger partial charge in [-0.25, -0.2) is 4.39 Å². The monoisotopic (exact) mass is 284 g/mol. The largest absolute Gasteiger partial charge is 0.324 e. The lowest BCUT2D eigenvalue weighted by Crippen LogP contribution is -2.25. The minimum atomic E-state index is -0.166. The Bertz CT molecular complexity index is 403. The number of nitrogens with zero attached hydrogens (tertiary/aromatic N) is 1. The van der Waals surface area contributed by atoms with Gasteiger partial charge in [0.15, 0.2) is 0 Å². The van der Waals surface area contributed by atoms with Crippen LogP contribution in [0.15, 0.2) is 17.0 Å². The third-order valence-electron chi connectivity index (χ3n) is 3.34. The van der Waals surface area contributed by atoms with Gasteiger partial charge < -0.3 is 10.6 Å². The minimum absolute atomic E-state index is 0.133. The van der Waals surface area contributed by atoms with E-state index in [2.05, 4.69) is 18.7 Å². The molecule has 1 aromatic carbocycles. The zero-order valence-corrected chi connectivity index (χ0v) is 13.2. The highest BCUT2D eigenvalue weighted by Crippen LogP contribution is 2.29. The summed E-state index contributed by atoms with van der Waals surface area (Å²) in [6, 6.07) is 3.37. The van der Waals surface area contributed by atoms with Crippen molar-refractivity contribution in [3.05, 3.63) is 29.1 Å². The second-order valence-electron chi connectivity index (χ2n) is 4.80. The molecule has 0 saturated heterocycles. The molecule has 0 aliphatic carbocycles. The topological polar surface area (TPSA) is 29.3 Å². The van der Waals surface area contributed by atoms with Crippen molar-refractivity contribution in [2.24, 2.45) is 5.73 Å². The van der Waals surface area contributed by atoms with Crippen LogP contribution in [0.5, 0.6) is 0 Å². The molecule has 0 unspecified atom stereocenters. The SMILES string of the molecule is CCN(CC)CCSc1cc(C)c(F)cc1[C@@H](C)N. The summed E-state index contributed by atoms with van der Waals surface area (Å²) in [5.41, 5.74) is 7.53. The molecule has 0 heterocycles. The number of thioether (sulfide) groups is 1. The maximum absolute atomic E-state index is 13.6. The van der Waals surface area contributed by atoms with E-state index in [-0.39, 0.29) is 11.9 Å². The molecule has 4 heteroatoms. The normalized spacial score (nSPS) is 13.0. The highest BCUT2D eigenvalue weighted by molar-refractivity contribution is 7.99. The number of benzene rings is 1. The van der Waals surface area contributed by atoms with Crippen LogP contribution in [0.4, 0.5) is 4.39 Å². The molecule has 0 bridgehead atoms. The number of rotatable bonds is 7. The number of nitrogens with two attached hydrogens (primary N) is 1. The summed E-state index contributed by atoms with van der Waals surface area (Å²) < 4.78 is 13.6. The first-order chi connectivity index (χ1) is 8.99. The molecule has 1 rings (SSSR count). The van der Waals surface area contributed by atoms with Gasteiger partial charge in [0.05, 0.1) is 0 Å². The first-order valence-corrected chi connectivity index (χ1v) is 7.88. The highest BCUT2D eigenvalue weighted by atomic mass is 32.2. The summed E-state index contributed by atoms with van der Waals surface area (Å²) in [5.74, 6) is 0.840. The predicted molar refractivity (Wildman–Crippen MR) is 82.3 cm³/mol. The van der Waals surface area contributed by atoms with E-state index in [4.69, 9.17) is 5.73 Å². The van der Waals surface area contributed by atoms with Crippen LogP contribution in [0.1, 0.15) is 37.9 Å². The highest BCUT2D eigenvalue weighted by Gasteiger charge is 2.11. The van der Waals surface area contributed by atoms with Gasteiger partial charge in [0.25, 0.3) is 0 Å². The zero-order chi connectivity index (χ0) is 14.4. The molecule has 0 aliphatic heterocycles. The van der Waals surface area contributed by atoms with Gasteiger partial charge in [0.1, 0.15) is 5.82 Å². The van der Waals surface area contributed by atoms with E-state index in [0.29, 0.717) is 5.56 Å². The van der Waals surface area contributed by atoms with Gasteiger partial charge in [-0.1, -0.05) is 13.8 Å². The van der Waals surface area contributed by atoms with Crippen molar-refractivity contribution in [3.8, 4) is 0 Å². The Balaban J connectivity index is 2.74. The molecule has 2 N–H and O–H groups in total. The van der Waals surface area contributed by atoms with Crippen LogP contribution in [0.25, 0.3) is 0 Å². The van der Waals surface area contributed by atoms with Crippen LogP contribution >= 0.6 is 11.8 Å². The second-order valence-corrected chi connectivity index (χ2v) is 5.94. The maximum atomic E-state index is 13.6. The van der Waals surface area contributed by atoms with Gasteiger partial charge in [-0.05, 0) is 50.2 Å². The van der Waals surface area contributed by atoms with Crippen molar-refractivity contribution >= 4 is 11.8 Å². The molecule has 0 radical (unpaired) electrons. The third kappa shape index (κ3) is 4.79. The zero-order valence-electron chi connectivity index (χ0n) is 12.4. The van der Waals surface area contributed by atoms with Crippen molar-refractivity contribution in [3.63, 3.8) is 0 Å². The fraction of sp³-hybridized carbons (Fsp3) is 0.600. The molecule has 0 saturated carbocycles. The van der Waals surface area contributed by atoms with Gasteiger partial charge in [-0.15, -0.1) is 11.8 Å². The summed E-state index contributed by atoms with van der Waals surface area (Å²) in [5, 5.41) is 0. The quantitative estimate of drug-likeness (QED) is 0.776. The smallest absolute Gasteiger partial charge is 0.126 e. The van der Waals surface area contributed by atoms with Crippen LogP contribution in [0.2, 0.25) is 0 Å². The van der Waals surface area contributed by atoms with E-state index in [1.54, 1.807) is 24.8 Å². The second kappa shape index (κ2) is 7.88. The van der Waals surface area contributed by atoms with E-state index in [0.717, 1.165) is 35.8 Å². The number of hydrogen-bond donors (Lipinski definition) is 1. The molecule has 0 aromatic heterocycles. The van der Waals surface area contributed by atoms with Crippen molar-refractivity contribution in [1.82, 2.24) is 4.90 Å². The first kappa shape index (κ1) is 16.5. The Morgan fingerprint density at radius 2 is 1.95 bits per heavy atom. The molecule has 0 spiro atoms. The van der Waals surface area contributed by atoms with E-state index in [9.17, 15) is 4.39 Å². The molecule has 19 heavy (non-hydrogen) atoms. The van der Waals surface area contributed by atoms with Crippen LogP contribution in [0, 0.1) is 12.7 Å². The fourth-order valence-electron chi connectivity index (χ4n) is 1.98. The van der Waals surface area contributed by atoms with Crippen LogP contribution in [-0.4, -0.2) is 30.3 Å².